The molecule has 14 aliphatic carbocycles. The summed E-state index contributed by atoms with van der Waals surface area (Å²) in [6, 6.07) is 0.973. The Morgan fingerprint density at radius 2 is 0.814 bits per heavy atom. The van der Waals surface area contributed by atoms with E-state index in [1.807, 2.05) is 72.9 Å². The molecule has 8 fully saturated rings. The molecule has 0 bridgehead atoms. The number of hydrogen-bond donors (Lipinski definition) is 11. The number of hydrogen-bond acceptors (Lipinski definition) is 17. The molecule has 0 heterocycles. The van der Waals surface area contributed by atoms with Crippen LogP contribution in [0.2, 0.25) is 0 Å². The molecule has 0 aromatic heterocycles. The van der Waals surface area contributed by atoms with Crippen molar-refractivity contribution in [1.29, 1.82) is 0 Å². The topological polar surface area (TPSA) is 330 Å². The Morgan fingerprint density at radius 1 is 0.464 bits per heavy atom. The quantitative estimate of drug-likeness (QED) is 0.0269. The predicted molar refractivity (Wildman–Crippen MR) is 375 cm³/mol. The van der Waals surface area contributed by atoms with Gasteiger partial charge in [-0.3, -0.25) is 19.2 Å². The van der Waals surface area contributed by atoms with Crippen LogP contribution in [0.15, 0.2) is 72.9 Å². The van der Waals surface area contributed by atoms with Gasteiger partial charge in [-0.1, -0.05) is 86.8 Å². The van der Waals surface area contributed by atoms with Crippen molar-refractivity contribution in [3.05, 3.63) is 72.9 Å². The van der Waals surface area contributed by atoms with Crippen LogP contribution in [0, 0.1) is 107 Å². The number of rotatable bonds is 8. The normalized spacial score (nSPS) is 40.9. The number of carbonyl (C=O) groups is 4. The number of ketones is 2. The summed E-state index contributed by atoms with van der Waals surface area (Å²) < 4.78 is 4.80. The Morgan fingerprint density at radius 3 is 1.21 bits per heavy atom. The van der Waals surface area contributed by atoms with Crippen LogP contribution in [0.4, 0.5) is 0 Å². The van der Waals surface area contributed by atoms with Crippen LogP contribution >= 0.6 is 0 Å². The van der Waals surface area contributed by atoms with Gasteiger partial charge in [-0.15, -0.1) is 0 Å². The Bertz CT molecular complexity index is 2340. The van der Waals surface area contributed by atoms with E-state index in [1.54, 1.807) is 7.11 Å². The third-order valence-electron chi connectivity index (χ3n) is 25.3. The van der Waals surface area contributed by atoms with E-state index in [2.05, 4.69) is 4.89 Å². The molecular formula is C79H128N2O16. The van der Waals surface area contributed by atoms with Crippen LogP contribution in [0.1, 0.15) is 213 Å². The fourth-order valence-electron chi connectivity index (χ4n) is 19.6. The predicted octanol–water partition coefficient (Wildman–Crippen LogP) is 10.7. The van der Waals surface area contributed by atoms with Crippen molar-refractivity contribution in [2.75, 3.05) is 20.8 Å². The zero-order valence-electron chi connectivity index (χ0n) is 57.9. The number of fused-ring (bicyclic) bond motifs is 7. The summed E-state index contributed by atoms with van der Waals surface area (Å²) in [6.45, 7) is 0.712. The van der Waals surface area contributed by atoms with Gasteiger partial charge in [-0.05, 0) is 263 Å². The number of aliphatic hydroxyl groups excluding tert-OH is 7. The number of carboxylic acids is 1. The molecule has 8 saturated carbocycles. The third-order valence-corrected chi connectivity index (χ3v) is 25.3. The van der Waals surface area contributed by atoms with Gasteiger partial charge in [0.25, 0.3) is 0 Å². The van der Waals surface area contributed by atoms with E-state index in [4.69, 9.17) is 36.4 Å². The first-order valence-corrected chi connectivity index (χ1v) is 37.7. The van der Waals surface area contributed by atoms with E-state index in [0.717, 1.165) is 139 Å². The van der Waals surface area contributed by atoms with E-state index in [9.17, 15) is 49.8 Å². The average Bonchev–Trinajstić information content (AvgIpc) is 0.947. The Labute approximate surface area is 580 Å². The fraction of sp³-hybridized carbons (Fsp3) is 0.797. The second-order valence-electron chi connectivity index (χ2n) is 31.3. The highest BCUT2D eigenvalue weighted by Gasteiger charge is 2.43. The van der Waals surface area contributed by atoms with Gasteiger partial charge in [0.15, 0.2) is 6.29 Å². The highest BCUT2D eigenvalue weighted by Crippen LogP contribution is 2.48. The van der Waals surface area contributed by atoms with E-state index < -0.39 is 12.3 Å². The van der Waals surface area contributed by atoms with Gasteiger partial charge in [-0.2, -0.15) is 0 Å². The molecule has 97 heavy (non-hydrogen) atoms. The molecule has 26 atom stereocenters. The number of allylic oxidation sites excluding steroid dienone is 6. The number of aliphatic carboxylic acids is 1. The second kappa shape index (κ2) is 40.8. The standard InChI is InChI=1S/C16H28O4.C12H20O4.C10H20N2.4C10H14O2.CH4/c1-18-16(17)11-13-4-6-14-9-12(7-8-20-19-2)3-5-15(14)10-13;13-11(14)9-3-1-7-5-10(12(15)16)4-2-8(7)6-9;11-9-3-1-7-5-10(12)4-2-8(7)6-9;4*11-9-5-1-3-7-8(9)4-2-6-10(7)12;/h12-15H,3-11H2,1-2H3;7-11,13-14H,1-6H2,(H,15,16);7-10H,1-6,11-12H2;7-8H,1-6H2;3*1-2,5-12H,3-4H2;1H4/t12-,13-,14?,15?;;7-,8+,9-,10+;7-,8+;3*7-,8+,9-,10+;/m0......./s1. The highest BCUT2D eigenvalue weighted by atomic mass is 17.2. The Hall–Kier alpha value is -3.76. The van der Waals surface area contributed by atoms with Gasteiger partial charge in [0.05, 0.1) is 63.4 Å². The molecular weight excluding hydrogens is 1230 g/mol. The number of Topliss-reactive ketones (excluding diaryl/α,β-unsaturated/α-hetero) is 2. The van der Waals surface area contributed by atoms with Crippen molar-refractivity contribution in [3.8, 4) is 0 Å². The van der Waals surface area contributed by atoms with Crippen LogP contribution in [-0.2, 0) is 33.7 Å². The van der Waals surface area contributed by atoms with E-state index in [1.165, 1.54) is 84.2 Å². The van der Waals surface area contributed by atoms with Gasteiger partial charge >= 0.3 is 11.9 Å². The summed E-state index contributed by atoms with van der Waals surface area (Å²) in [5.74, 6) is 7.30. The largest absolute Gasteiger partial charge is 0.481 e. The van der Waals surface area contributed by atoms with Gasteiger partial charge in [0.2, 0.25) is 0 Å². The molecule has 0 aliphatic heterocycles. The first-order valence-electron chi connectivity index (χ1n) is 37.7. The van der Waals surface area contributed by atoms with Crippen molar-refractivity contribution in [2.24, 2.45) is 118 Å². The van der Waals surface area contributed by atoms with E-state index in [-0.39, 0.29) is 109 Å². The first-order chi connectivity index (χ1) is 46.2. The molecule has 0 amide bonds. The number of carboxylic acid groups (broad SMARTS) is 1. The number of methoxy groups -OCH3 is 1. The minimum absolute atomic E-state index is 0. The minimum Gasteiger partial charge on any atom is -0.481 e. The van der Waals surface area contributed by atoms with Crippen molar-refractivity contribution in [2.45, 2.75) is 268 Å². The summed E-state index contributed by atoms with van der Waals surface area (Å²) in [6.07, 6.45) is 52.3. The average molecular weight is 1360 g/mol. The van der Waals surface area contributed by atoms with Crippen molar-refractivity contribution >= 4 is 23.5 Å². The lowest BCUT2D eigenvalue weighted by atomic mass is 9.64. The van der Waals surface area contributed by atoms with E-state index >= 15 is 0 Å². The van der Waals surface area contributed by atoms with Crippen LogP contribution in [0.3, 0.4) is 0 Å². The maximum absolute atomic E-state index is 11.4. The van der Waals surface area contributed by atoms with Crippen LogP contribution in [0.5, 0.6) is 0 Å². The maximum atomic E-state index is 11.4. The van der Waals surface area contributed by atoms with Crippen LogP contribution < -0.4 is 11.5 Å². The molecule has 13 N–H and O–H groups in total. The molecule has 0 aromatic rings. The molecule has 14 aliphatic rings. The first kappa shape index (κ1) is 80.6. The summed E-state index contributed by atoms with van der Waals surface area (Å²) in [4.78, 5) is 54.8. The summed E-state index contributed by atoms with van der Waals surface area (Å²) in [5, 5.41) is 84.9. The summed E-state index contributed by atoms with van der Waals surface area (Å²) in [7, 11) is 3.06. The molecule has 18 nitrogen and oxygen atoms in total. The third kappa shape index (κ3) is 23.9. The molecule has 550 valence electrons. The molecule has 0 spiro atoms. The monoisotopic (exact) mass is 1360 g/mol. The molecule has 0 saturated heterocycles. The maximum Gasteiger partial charge on any atom is 0.306 e. The molecule has 0 radical (unpaired) electrons. The molecule has 14 rings (SSSR count). The smallest absolute Gasteiger partial charge is 0.306 e. The lowest BCUT2D eigenvalue weighted by Crippen LogP contribution is -2.40. The molecule has 18 heteroatoms. The molecule has 0 aromatic carbocycles. The Kier molecular flexibility index (Phi) is 33.9. The number of ether oxygens (including phenoxy) is 1. The van der Waals surface area contributed by atoms with Gasteiger partial charge < -0.3 is 62.2 Å². The summed E-state index contributed by atoms with van der Waals surface area (Å²) >= 11 is 0. The second-order valence-corrected chi connectivity index (χ2v) is 31.3. The van der Waals surface area contributed by atoms with Crippen LogP contribution in [0.25, 0.3) is 0 Å². The van der Waals surface area contributed by atoms with E-state index in [0.29, 0.717) is 67.3 Å². The summed E-state index contributed by atoms with van der Waals surface area (Å²) in [5.41, 5.74) is 11.9. The number of carbonyl (C=O) groups excluding carboxylic acids is 3. The van der Waals surface area contributed by atoms with Gasteiger partial charge in [0, 0.05) is 49.1 Å². The lowest BCUT2D eigenvalue weighted by molar-refractivity contribution is -0.274. The van der Waals surface area contributed by atoms with Crippen molar-refractivity contribution in [1.82, 2.24) is 0 Å². The minimum atomic E-state index is -1.20. The number of nitrogens with two attached hydrogens (primary N) is 2. The zero-order chi connectivity index (χ0) is 68.8. The van der Waals surface area contributed by atoms with Crippen molar-refractivity contribution < 1.29 is 79.6 Å². The number of esters is 1. The van der Waals surface area contributed by atoms with Gasteiger partial charge in [0.1, 0.15) is 11.6 Å². The number of aliphatic hydroxyl groups is 8. The van der Waals surface area contributed by atoms with Crippen LogP contribution in [-0.4, -0.2) is 145 Å². The lowest BCUT2D eigenvalue weighted by Gasteiger charge is -2.42. The van der Waals surface area contributed by atoms with Gasteiger partial charge in [-0.25, -0.2) is 9.78 Å². The highest BCUT2D eigenvalue weighted by molar-refractivity contribution is 5.91. The SMILES string of the molecule is C.COOCC[C@@H]1CCC2C[C@@H](CC(=O)OC)CCC2C1.N[C@@H]1CC[C@@H]2C[C@@H](N)CC[C@H]2C1.O=C(O)C1CCC2CC(C(O)O)CCC2C1.O=C1CCC[C@H]2C(=O)CCC[C@H]12.O[C@@H]1C=CC[C@@H]2[C@@H]1CC=C[C@@H]2O.O[C@@H]1C=CC[C@@H]2[C@@H]1CC=C[C@@H]2O.O[C@@H]1C=CC[C@@H]2[C@@H]1CC=C[C@@H]2O. The fourth-order valence-corrected chi connectivity index (χ4v) is 19.6. The molecule has 6 unspecified atom stereocenters. The Balaban J connectivity index is 0.000000161. The van der Waals surface area contributed by atoms with Crippen molar-refractivity contribution in [3.63, 3.8) is 0 Å². The zero-order valence-corrected chi connectivity index (χ0v) is 57.9.